The Hall–Kier alpha value is -1.43. The lowest BCUT2D eigenvalue weighted by atomic mass is 9.73. The molecule has 6 heteroatoms. The fourth-order valence-corrected chi connectivity index (χ4v) is 2.59. The lowest BCUT2D eigenvalue weighted by molar-refractivity contribution is -0.160. The Morgan fingerprint density at radius 2 is 2.00 bits per heavy atom. The van der Waals surface area contributed by atoms with E-state index in [4.69, 9.17) is 4.74 Å². The van der Waals surface area contributed by atoms with Crippen LogP contribution in [0.15, 0.2) is 0 Å². The van der Waals surface area contributed by atoms with E-state index in [1.165, 1.54) is 12.0 Å². The minimum absolute atomic E-state index is 0.0197. The highest BCUT2D eigenvalue weighted by molar-refractivity contribution is 6.01. The predicted octanol–water partition coefficient (Wildman–Crippen LogP) is -0.322. The molecule has 100 valence electrons. The summed E-state index contributed by atoms with van der Waals surface area (Å²) >= 11 is 0. The molecule has 1 unspecified atom stereocenters. The van der Waals surface area contributed by atoms with Crippen LogP contribution in [0.25, 0.3) is 0 Å². The van der Waals surface area contributed by atoms with Crippen LogP contribution in [0.5, 0.6) is 0 Å². The van der Waals surface area contributed by atoms with E-state index in [2.05, 4.69) is 5.32 Å². The van der Waals surface area contributed by atoms with E-state index in [0.717, 1.165) is 0 Å². The molecular weight excluding hydrogens is 236 g/mol. The second-order valence-electron chi connectivity index (χ2n) is 4.90. The molecule has 0 aromatic carbocycles. The summed E-state index contributed by atoms with van der Waals surface area (Å²) in [6, 6.07) is 0. The molecule has 6 nitrogen and oxygen atoms in total. The number of piperidine rings is 2. The summed E-state index contributed by atoms with van der Waals surface area (Å²) in [5.41, 5.74) is -0.574. The summed E-state index contributed by atoms with van der Waals surface area (Å²) < 4.78 is 4.92. The predicted molar refractivity (Wildman–Crippen MR) is 62.5 cm³/mol. The zero-order valence-electron chi connectivity index (χ0n) is 10.5. The van der Waals surface area contributed by atoms with E-state index in [0.29, 0.717) is 45.4 Å². The molecule has 2 heterocycles. The van der Waals surface area contributed by atoms with Gasteiger partial charge in [0.2, 0.25) is 17.7 Å². The van der Waals surface area contributed by atoms with Gasteiger partial charge in [-0.1, -0.05) is 0 Å². The van der Waals surface area contributed by atoms with Crippen LogP contribution in [0.1, 0.15) is 25.7 Å². The summed E-state index contributed by atoms with van der Waals surface area (Å²) in [4.78, 5) is 36.7. The van der Waals surface area contributed by atoms with Crippen molar-refractivity contribution in [2.24, 2.45) is 5.41 Å². The number of rotatable bonds is 3. The van der Waals surface area contributed by atoms with Crippen molar-refractivity contribution in [3.05, 3.63) is 0 Å². The molecule has 2 aliphatic rings. The van der Waals surface area contributed by atoms with Crippen molar-refractivity contribution in [3.8, 4) is 0 Å². The molecule has 0 aromatic heterocycles. The van der Waals surface area contributed by atoms with E-state index < -0.39 is 5.41 Å². The van der Waals surface area contributed by atoms with Gasteiger partial charge >= 0.3 is 0 Å². The van der Waals surface area contributed by atoms with Crippen LogP contribution >= 0.6 is 0 Å². The third-order valence-corrected chi connectivity index (χ3v) is 3.79. The van der Waals surface area contributed by atoms with Gasteiger partial charge in [-0.3, -0.25) is 19.3 Å². The van der Waals surface area contributed by atoms with E-state index in [-0.39, 0.29) is 17.7 Å². The van der Waals surface area contributed by atoms with Gasteiger partial charge in [-0.25, -0.2) is 0 Å². The maximum atomic E-state index is 12.4. The monoisotopic (exact) mass is 254 g/mol. The minimum Gasteiger partial charge on any atom is -0.383 e. The quantitative estimate of drug-likeness (QED) is 0.700. The number of hydrogen-bond acceptors (Lipinski definition) is 4. The maximum Gasteiger partial charge on any atom is 0.237 e. The summed E-state index contributed by atoms with van der Waals surface area (Å²) in [5.74, 6) is -0.316. The second-order valence-corrected chi connectivity index (χ2v) is 4.90. The first-order chi connectivity index (χ1) is 8.59. The normalized spacial score (nSPS) is 28.7. The lowest BCUT2D eigenvalue weighted by Crippen LogP contribution is -2.58. The van der Waals surface area contributed by atoms with Crippen LogP contribution in [-0.4, -0.2) is 49.4 Å². The average molecular weight is 254 g/mol. The number of imide groups is 1. The Balaban J connectivity index is 2.11. The van der Waals surface area contributed by atoms with Gasteiger partial charge in [0, 0.05) is 26.5 Å². The van der Waals surface area contributed by atoms with Crippen LogP contribution in [-0.2, 0) is 19.1 Å². The Labute approximate surface area is 106 Å². The second kappa shape index (κ2) is 5.06. The van der Waals surface area contributed by atoms with Gasteiger partial charge in [-0.2, -0.15) is 0 Å². The van der Waals surface area contributed by atoms with E-state index in [9.17, 15) is 14.4 Å². The van der Waals surface area contributed by atoms with Crippen molar-refractivity contribution in [1.82, 2.24) is 10.2 Å². The van der Waals surface area contributed by atoms with Crippen molar-refractivity contribution < 1.29 is 19.1 Å². The molecule has 0 aliphatic carbocycles. The van der Waals surface area contributed by atoms with Gasteiger partial charge in [-0.05, 0) is 12.8 Å². The van der Waals surface area contributed by atoms with Crippen molar-refractivity contribution in [1.29, 1.82) is 0 Å². The number of likely N-dealkylation sites (tertiary alicyclic amines) is 1. The Morgan fingerprint density at radius 1 is 1.28 bits per heavy atom. The standard InChI is InChI=1S/C12H18N2O4/c1-18-7-6-14-10(16)3-5-12(11(14)17)4-2-9(15)13-8-12/h2-8H2,1H3,(H,13,15). The molecular formula is C12H18N2O4. The molecule has 0 bridgehead atoms. The maximum absolute atomic E-state index is 12.4. The molecule has 0 radical (unpaired) electrons. The first-order valence-electron chi connectivity index (χ1n) is 6.19. The van der Waals surface area contributed by atoms with Crippen LogP contribution < -0.4 is 5.32 Å². The van der Waals surface area contributed by atoms with Gasteiger partial charge in [0.25, 0.3) is 0 Å². The average Bonchev–Trinajstić information content (AvgIpc) is 2.37. The fourth-order valence-electron chi connectivity index (χ4n) is 2.59. The lowest BCUT2D eigenvalue weighted by Gasteiger charge is -2.42. The zero-order chi connectivity index (χ0) is 13.2. The minimum atomic E-state index is -0.574. The Kier molecular flexibility index (Phi) is 3.65. The molecule has 0 aromatic rings. The molecule has 0 saturated carbocycles. The number of nitrogens with one attached hydrogen (secondary N) is 1. The molecule has 1 atom stereocenters. The van der Waals surface area contributed by atoms with E-state index in [1.54, 1.807) is 0 Å². The van der Waals surface area contributed by atoms with Crippen molar-refractivity contribution in [3.63, 3.8) is 0 Å². The highest BCUT2D eigenvalue weighted by atomic mass is 16.5. The van der Waals surface area contributed by atoms with Crippen LogP contribution in [0, 0.1) is 5.41 Å². The van der Waals surface area contributed by atoms with Crippen LogP contribution in [0.3, 0.4) is 0 Å². The first-order valence-corrected chi connectivity index (χ1v) is 6.19. The number of carbonyl (C=O) groups is 3. The van der Waals surface area contributed by atoms with Gasteiger partial charge in [0.15, 0.2) is 0 Å². The third-order valence-electron chi connectivity index (χ3n) is 3.79. The fraction of sp³-hybridized carbons (Fsp3) is 0.750. The summed E-state index contributed by atoms with van der Waals surface area (Å²) in [6.45, 7) is 0.991. The van der Waals surface area contributed by atoms with Crippen molar-refractivity contribution >= 4 is 17.7 Å². The van der Waals surface area contributed by atoms with Gasteiger partial charge in [0.05, 0.1) is 18.6 Å². The molecule has 2 rings (SSSR count). The van der Waals surface area contributed by atoms with Gasteiger partial charge in [0.1, 0.15) is 0 Å². The van der Waals surface area contributed by atoms with Crippen molar-refractivity contribution in [2.45, 2.75) is 25.7 Å². The molecule has 2 fully saturated rings. The molecule has 3 amide bonds. The number of ether oxygens (including phenoxy) is 1. The third kappa shape index (κ3) is 2.25. The molecule has 18 heavy (non-hydrogen) atoms. The van der Waals surface area contributed by atoms with E-state index >= 15 is 0 Å². The van der Waals surface area contributed by atoms with Crippen LogP contribution in [0.4, 0.5) is 0 Å². The van der Waals surface area contributed by atoms with Gasteiger partial charge in [-0.15, -0.1) is 0 Å². The smallest absolute Gasteiger partial charge is 0.237 e. The SMILES string of the molecule is COCCN1C(=O)CCC2(CCC(=O)NC2)C1=O. The largest absolute Gasteiger partial charge is 0.383 e. The van der Waals surface area contributed by atoms with Gasteiger partial charge < -0.3 is 10.1 Å². The molecule has 1 spiro atoms. The highest BCUT2D eigenvalue weighted by Crippen LogP contribution is 2.37. The van der Waals surface area contributed by atoms with Crippen LogP contribution in [0.2, 0.25) is 0 Å². The molecule has 1 N–H and O–H groups in total. The molecule has 2 aliphatic heterocycles. The molecule has 2 saturated heterocycles. The van der Waals surface area contributed by atoms with Crippen molar-refractivity contribution in [2.75, 3.05) is 26.8 Å². The first kappa shape index (κ1) is 13.0. The number of methoxy groups -OCH3 is 1. The Morgan fingerprint density at radius 3 is 2.61 bits per heavy atom. The number of hydrogen-bond donors (Lipinski definition) is 1. The summed E-state index contributed by atoms with van der Waals surface area (Å²) in [7, 11) is 1.54. The number of amides is 3. The summed E-state index contributed by atoms with van der Waals surface area (Å²) in [6.07, 6.45) is 1.80. The topological polar surface area (TPSA) is 75.7 Å². The highest BCUT2D eigenvalue weighted by Gasteiger charge is 2.48. The number of carbonyl (C=O) groups excluding carboxylic acids is 3. The summed E-state index contributed by atoms with van der Waals surface area (Å²) in [5, 5.41) is 2.74. The van der Waals surface area contributed by atoms with E-state index in [1.807, 2.05) is 0 Å². The number of nitrogens with zero attached hydrogens (tertiary/aromatic N) is 1. The Bertz CT molecular complexity index is 365. The zero-order valence-corrected chi connectivity index (χ0v) is 10.5.